The zero-order chi connectivity index (χ0) is 8.32. The maximum Gasteiger partial charge on any atom is 0.0792 e. The Morgan fingerprint density at radius 3 is 2.36 bits per heavy atom. The van der Waals surface area contributed by atoms with Crippen LogP contribution in [-0.2, 0) is 0 Å². The second-order valence-corrected chi connectivity index (χ2v) is 3.67. The van der Waals surface area contributed by atoms with Gasteiger partial charge in [0.15, 0.2) is 0 Å². The third-order valence-corrected chi connectivity index (χ3v) is 2.57. The predicted octanol–water partition coefficient (Wildman–Crippen LogP) is 0.282. The predicted molar refractivity (Wildman–Crippen MR) is 46.8 cm³/mol. The summed E-state index contributed by atoms with van der Waals surface area (Å²) in [6.07, 6.45) is 6.69. The molecule has 1 aliphatic carbocycles. The summed E-state index contributed by atoms with van der Waals surface area (Å²) in [6.45, 7) is 0. The molecule has 0 bridgehead atoms. The molecule has 3 heteroatoms. The van der Waals surface area contributed by atoms with Gasteiger partial charge in [-0.05, 0) is 12.8 Å². The quantitative estimate of drug-likeness (QED) is 0.442. The fraction of sp³-hybridized carbons (Fsp3) is 1.00. The molecule has 0 radical (unpaired) electrons. The molecule has 0 aliphatic heterocycles. The SMILES string of the molecule is NC1CCCCCCC1(N)N. The van der Waals surface area contributed by atoms with Crippen molar-refractivity contribution in [3.63, 3.8) is 0 Å². The van der Waals surface area contributed by atoms with Crippen molar-refractivity contribution in [3.8, 4) is 0 Å². The van der Waals surface area contributed by atoms with Gasteiger partial charge in [0.2, 0.25) is 0 Å². The fourth-order valence-corrected chi connectivity index (χ4v) is 1.60. The average molecular weight is 157 g/mol. The van der Waals surface area contributed by atoms with Crippen LogP contribution in [0.2, 0.25) is 0 Å². The Morgan fingerprint density at radius 2 is 1.64 bits per heavy atom. The third kappa shape index (κ3) is 2.43. The molecule has 1 rings (SSSR count). The highest BCUT2D eigenvalue weighted by atomic mass is 15.0. The Hall–Kier alpha value is -0.120. The van der Waals surface area contributed by atoms with E-state index in [0.29, 0.717) is 0 Å². The standard InChI is InChI=1S/C8H19N3/c9-7-5-3-1-2-4-6-8(7,10)11/h7H,1-6,9-11H2. The van der Waals surface area contributed by atoms with E-state index >= 15 is 0 Å². The smallest absolute Gasteiger partial charge is 0.0792 e. The molecule has 1 aliphatic rings. The largest absolute Gasteiger partial charge is 0.325 e. The molecule has 0 heterocycles. The molecule has 6 N–H and O–H groups in total. The van der Waals surface area contributed by atoms with Crippen molar-refractivity contribution < 1.29 is 0 Å². The Kier molecular flexibility index (Phi) is 2.87. The summed E-state index contributed by atoms with van der Waals surface area (Å²) in [5, 5.41) is 0. The first kappa shape index (κ1) is 8.97. The minimum atomic E-state index is -0.611. The first-order valence-corrected chi connectivity index (χ1v) is 4.46. The molecule has 0 amide bonds. The lowest BCUT2D eigenvalue weighted by molar-refractivity contribution is 0.282. The van der Waals surface area contributed by atoms with Gasteiger partial charge in [-0.15, -0.1) is 0 Å². The first-order valence-electron chi connectivity index (χ1n) is 4.46. The van der Waals surface area contributed by atoms with E-state index in [1.54, 1.807) is 0 Å². The van der Waals surface area contributed by atoms with E-state index < -0.39 is 5.66 Å². The number of nitrogens with two attached hydrogens (primary N) is 3. The van der Waals surface area contributed by atoms with E-state index in [2.05, 4.69) is 0 Å². The van der Waals surface area contributed by atoms with Crippen LogP contribution in [0.4, 0.5) is 0 Å². The molecule has 1 fully saturated rings. The van der Waals surface area contributed by atoms with Crippen molar-refractivity contribution in [2.45, 2.75) is 50.2 Å². The molecule has 0 aromatic rings. The molecule has 0 spiro atoms. The third-order valence-electron chi connectivity index (χ3n) is 2.57. The van der Waals surface area contributed by atoms with Gasteiger partial charge in [0, 0.05) is 6.04 Å². The van der Waals surface area contributed by atoms with Crippen molar-refractivity contribution in [3.05, 3.63) is 0 Å². The van der Waals surface area contributed by atoms with Crippen LogP contribution in [0, 0.1) is 0 Å². The van der Waals surface area contributed by atoms with Crippen LogP contribution in [0.15, 0.2) is 0 Å². The van der Waals surface area contributed by atoms with Gasteiger partial charge in [0.05, 0.1) is 5.66 Å². The monoisotopic (exact) mass is 157 g/mol. The maximum atomic E-state index is 5.84. The second-order valence-electron chi connectivity index (χ2n) is 3.67. The normalized spacial score (nSPS) is 32.5. The van der Waals surface area contributed by atoms with Gasteiger partial charge < -0.3 is 17.2 Å². The molecule has 0 aromatic carbocycles. The topological polar surface area (TPSA) is 78.1 Å². The van der Waals surface area contributed by atoms with Crippen molar-refractivity contribution in [2.75, 3.05) is 0 Å². The molecular formula is C8H19N3. The van der Waals surface area contributed by atoms with Crippen molar-refractivity contribution >= 4 is 0 Å². The lowest BCUT2D eigenvalue weighted by Crippen LogP contribution is -2.62. The highest BCUT2D eigenvalue weighted by Crippen LogP contribution is 2.19. The fourth-order valence-electron chi connectivity index (χ4n) is 1.60. The molecule has 0 saturated heterocycles. The molecular weight excluding hydrogens is 138 g/mol. The number of rotatable bonds is 0. The number of hydrogen-bond donors (Lipinski definition) is 3. The summed E-state index contributed by atoms with van der Waals surface area (Å²) in [5.41, 5.74) is 16.9. The summed E-state index contributed by atoms with van der Waals surface area (Å²) in [7, 11) is 0. The molecule has 1 saturated carbocycles. The van der Waals surface area contributed by atoms with Crippen LogP contribution in [0.25, 0.3) is 0 Å². The van der Waals surface area contributed by atoms with Crippen LogP contribution in [0.1, 0.15) is 38.5 Å². The van der Waals surface area contributed by atoms with E-state index in [0.717, 1.165) is 19.3 Å². The van der Waals surface area contributed by atoms with Crippen LogP contribution >= 0.6 is 0 Å². The minimum Gasteiger partial charge on any atom is -0.325 e. The van der Waals surface area contributed by atoms with Crippen molar-refractivity contribution in [2.24, 2.45) is 17.2 Å². The number of hydrogen-bond acceptors (Lipinski definition) is 3. The van der Waals surface area contributed by atoms with Crippen LogP contribution < -0.4 is 17.2 Å². The zero-order valence-electron chi connectivity index (χ0n) is 7.05. The average Bonchev–Trinajstić information content (AvgIpc) is 1.93. The van der Waals surface area contributed by atoms with Gasteiger partial charge in [0.25, 0.3) is 0 Å². The van der Waals surface area contributed by atoms with Crippen LogP contribution in [0.5, 0.6) is 0 Å². The Balaban J connectivity index is 2.47. The molecule has 1 atom stereocenters. The van der Waals surface area contributed by atoms with Gasteiger partial charge in [-0.1, -0.05) is 25.7 Å². The van der Waals surface area contributed by atoms with E-state index in [1.807, 2.05) is 0 Å². The van der Waals surface area contributed by atoms with Crippen molar-refractivity contribution in [1.29, 1.82) is 0 Å². The van der Waals surface area contributed by atoms with Crippen molar-refractivity contribution in [1.82, 2.24) is 0 Å². The second kappa shape index (κ2) is 3.52. The zero-order valence-corrected chi connectivity index (χ0v) is 7.05. The van der Waals surface area contributed by atoms with Gasteiger partial charge in [-0.2, -0.15) is 0 Å². The van der Waals surface area contributed by atoms with Crippen LogP contribution in [0.3, 0.4) is 0 Å². The minimum absolute atomic E-state index is 0.0113. The summed E-state index contributed by atoms with van der Waals surface area (Å²) in [6, 6.07) is -0.0113. The summed E-state index contributed by atoms with van der Waals surface area (Å²) in [4.78, 5) is 0. The molecule has 11 heavy (non-hydrogen) atoms. The van der Waals surface area contributed by atoms with Gasteiger partial charge in [-0.3, -0.25) is 0 Å². The summed E-state index contributed by atoms with van der Waals surface area (Å²) >= 11 is 0. The Labute approximate surface area is 68.3 Å². The summed E-state index contributed by atoms with van der Waals surface area (Å²) < 4.78 is 0. The maximum absolute atomic E-state index is 5.84. The lowest BCUT2D eigenvalue weighted by Gasteiger charge is -2.33. The highest BCUT2D eigenvalue weighted by Gasteiger charge is 2.27. The lowest BCUT2D eigenvalue weighted by atomic mass is 9.88. The Morgan fingerprint density at radius 1 is 1.00 bits per heavy atom. The van der Waals surface area contributed by atoms with E-state index in [9.17, 15) is 0 Å². The van der Waals surface area contributed by atoms with Gasteiger partial charge in [0.1, 0.15) is 0 Å². The van der Waals surface area contributed by atoms with E-state index in [1.165, 1.54) is 19.3 Å². The van der Waals surface area contributed by atoms with E-state index in [4.69, 9.17) is 17.2 Å². The first-order chi connectivity index (χ1) is 5.13. The molecule has 66 valence electrons. The molecule has 0 aromatic heterocycles. The van der Waals surface area contributed by atoms with Gasteiger partial charge in [-0.25, -0.2) is 0 Å². The molecule has 3 nitrogen and oxygen atoms in total. The van der Waals surface area contributed by atoms with Gasteiger partial charge >= 0.3 is 0 Å². The highest BCUT2D eigenvalue weighted by molar-refractivity contribution is 4.89. The summed E-state index contributed by atoms with van der Waals surface area (Å²) in [5.74, 6) is 0. The van der Waals surface area contributed by atoms with E-state index in [-0.39, 0.29) is 6.04 Å². The Bertz CT molecular complexity index is 123. The van der Waals surface area contributed by atoms with Crippen LogP contribution in [-0.4, -0.2) is 11.7 Å². The molecule has 1 unspecified atom stereocenters.